The highest BCUT2D eigenvalue weighted by atomic mass is 35.5. The number of nitrogens with zero attached hydrogens (tertiary/aromatic N) is 2. The first-order valence-corrected chi connectivity index (χ1v) is 9.49. The van der Waals surface area contributed by atoms with Gasteiger partial charge in [0.2, 0.25) is 0 Å². The Morgan fingerprint density at radius 2 is 2.18 bits per heavy atom. The van der Waals surface area contributed by atoms with E-state index >= 15 is 0 Å². The molecule has 0 radical (unpaired) electrons. The lowest BCUT2D eigenvalue weighted by Crippen LogP contribution is -2.43. The molecule has 1 aromatic carbocycles. The van der Waals surface area contributed by atoms with Crippen LogP contribution in [-0.4, -0.2) is 40.9 Å². The summed E-state index contributed by atoms with van der Waals surface area (Å²) in [6.07, 6.45) is 3.58. The van der Waals surface area contributed by atoms with Crippen molar-refractivity contribution in [2.24, 2.45) is 11.7 Å². The van der Waals surface area contributed by atoms with Gasteiger partial charge in [0.15, 0.2) is 0 Å². The average molecular weight is 409 g/mol. The van der Waals surface area contributed by atoms with Crippen molar-refractivity contribution in [1.82, 2.24) is 15.1 Å². The number of rotatable bonds is 8. The highest BCUT2D eigenvalue weighted by Gasteiger charge is 2.25. The second kappa shape index (κ2) is 8.70. The van der Waals surface area contributed by atoms with E-state index < -0.39 is 23.7 Å². The molecular formula is C19H22ClFN4O3. The lowest BCUT2D eigenvalue weighted by atomic mass is 10.1. The van der Waals surface area contributed by atoms with Crippen molar-refractivity contribution in [3.8, 4) is 11.3 Å². The fraction of sp³-hybridized carbons (Fsp3) is 0.421. The number of aryl methyl sites for hydroxylation is 1. The summed E-state index contributed by atoms with van der Waals surface area (Å²) in [5.41, 5.74) is 6.80. The molecule has 0 saturated heterocycles. The zero-order chi connectivity index (χ0) is 20.3. The van der Waals surface area contributed by atoms with E-state index in [0.29, 0.717) is 35.3 Å². The molecule has 2 aromatic rings. The van der Waals surface area contributed by atoms with Crippen LogP contribution in [0.15, 0.2) is 24.4 Å². The van der Waals surface area contributed by atoms with Gasteiger partial charge in [0.05, 0.1) is 23.5 Å². The standard InChI is InChI=1S/C19H22ClFN4O3/c1-2-25-17(15(20)8-24-25)12-5-13(7-14(21)6-12)18(26)23-9-16(22)19(27)28-10-11-3-4-11/h5-8,11,16H,2-4,9-10,22H2,1H3,(H,23,26)/t16-/m1/s1. The van der Waals surface area contributed by atoms with E-state index in [9.17, 15) is 14.0 Å². The van der Waals surface area contributed by atoms with E-state index in [1.807, 2.05) is 6.92 Å². The van der Waals surface area contributed by atoms with Gasteiger partial charge in [-0.05, 0) is 43.9 Å². The Hall–Kier alpha value is -2.45. The molecular weight excluding hydrogens is 387 g/mol. The first kappa shape index (κ1) is 20.3. The number of nitrogens with one attached hydrogen (secondary N) is 1. The van der Waals surface area contributed by atoms with Crippen LogP contribution in [0.3, 0.4) is 0 Å². The molecule has 9 heteroatoms. The van der Waals surface area contributed by atoms with Crippen molar-refractivity contribution in [3.63, 3.8) is 0 Å². The molecule has 150 valence electrons. The van der Waals surface area contributed by atoms with Gasteiger partial charge < -0.3 is 15.8 Å². The predicted octanol–water partition coefficient (Wildman–Crippen LogP) is 2.37. The number of carbonyl (C=O) groups excluding carboxylic acids is 2. The van der Waals surface area contributed by atoms with Gasteiger partial charge in [-0.3, -0.25) is 14.3 Å². The van der Waals surface area contributed by atoms with E-state index in [4.69, 9.17) is 22.1 Å². The number of esters is 1. The van der Waals surface area contributed by atoms with Crippen LogP contribution in [0.25, 0.3) is 11.3 Å². The van der Waals surface area contributed by atoms with Crippen LogP contribution in [0.4, 0.5) is 4.39 Å². The lowest BCUT2D eigenvalue weighted by molar-refractivity contribution is -0.145. The fourth-order valence-electron chi connectivity index (χ4n) is 2.73. The molecule has 3 N–H and O–H groups in total. The summed E-state index contributed by atoms with van der Waals surface area (Å²) < 4.78 is 20.8. The summed E-state index contributed by atoms with van der Waals surface area (Å²) in [5, 5.41) is 7.02. The van der Waals surface area contributed by atoms with Gasteiger partial charge in [-0.15, -0.1) is 0 Å². The summed E-state index contributed by atoms with van der Waals surface area (Å²) in [6.45, 7) is 2.67. The SMILES string of the molecule is CCn1ncc(Cl)c1-c1cc(F)cc(C(=O)NC[C@@H](N)C(=O)OCC2CC2)c1. The van der Waals surface area contributed by atoms with Crippen molar-refractivity contribution < 1.29 is 18.7 Å². The number of ether oxygens (including phenoxy) is 1. The normalized spacial score (nSPS) is 14.6. The molecule has 1 aliphatic rings. The van der Waals surface area contributed by atoms with Crippen molar-refractivity contribution >= 4 is 23.5 Å². The number of amides is 1. The zero-order valence-electron chi connectivity index (χ0n) is 15.5. The highest BCUT2D eigenvalue weighted by Crippen LogP contribution is 2.29. The molecule has 1 atom stereocenters. The zero-order valence-corrected chi connectivity index (χ0v) is 16.2. The van der Waals surface area contributed by atoms with Gasteiger partial charge in [0, 0.05) is 24.2 Å². The highest BCUT2D eigenvalue weighted by molar-refractivity contribution is 6.33. The maximum atomic E-state index is 14.1. The third kappa shape index (κ3) is 4.88. The first-order valence-electron chi connectivity index (χ1n) is 9.11. The molecule has 1 heterocycles. The van der Waals surface area contributed by atoms with E-state index in [-0.39, 0.29) is 12.1 Å². The molecule has 3 rings (SSSR count). The molecule has 0 spiro atoms. The van der Waals surface area contributed by atoms with Crippen molar-refractivity contribution in [2.45, 2.75) is 32.4 Å². The van der Waals surface area contributed by atoms with Crippen LogP contribution in [0.1, 0.15) is 30.1 Å². The predicted molar refractivity (Wildman–Crippen MR) is 102 cm³/mol. The Balaban J connectivity index is 1.67. The molecule has 0 aliphatic heterocycles. The molecule has 28 heavy (non-hydrogen) atoms. The van der Waals surface area contributed by atoms with Crippen LogP contribution in [0, 0.1) is 11.7 Å². The van der Waals surface area contributed by atoms with Gasteiger partial charge in [0.25, 0.3) is 5.91 Å². The minimum Gasteiger partial charge on any atom is -0.464 e. The molecule has 1 fully saturated rings. The summed E-state index contributed by atoms with van der Waals surface area (Å²) in [7, 11) is 0. The van der Waals surface area contributed by atoms with Gasteiger partial charge in [-0.25, -0.2) is 4.39 Å². The Bertz CT molecular complexity index is 882. The Morgan fingerprint density at radius 3 is 2.86 bits per heavy atom. The molecule has 1 aromatic heterocycles. The largest absolute Gasteiger partial charge is 0.464 e. The maximum absolute atomic E-state index is 14.1. The number of aromatic nitrogens is 2. The van der Waals surface area contributed by atoms with E-state index in [2.05, 4.69) is 10.4 Å². The molecule has 1 saturated carbocycles. The number of hydrogen-bond donors (Lipinski definition) is 2. The number of nitrogens with two attached hydrogens (primary N) is 1. The first-order chi connectivity index (χ1) is 13.4. The second-order valence-electron chi connectivity index (χ2n) is 6.78. The third-order valence-corrected chi connectivity index (χ3v) is 4.75. The average Bonchev–Trinajstić information content (AvgIpc) is 3.43. The van der Waals surface area contributed by atoms with Gasteiger partial charge in [-0.1, -0.05) is 11.6 Å². The van der Waals surface area contributed by atoms with Gasteiger partial charge >= 0.3 is 5.97 Å². The Morgan fingerprint density at radius 1 is 1.43 bits per heavy atom. The van der Waals surface area contributed by atoms with Crippen LogP contribution in [0.2, 0.25) is 5.02 Å². The topological polar surface area (TPSA) is 99.2 Å². The quantitative estimate of drug-likeness (QED) is 0.653. The van der Waals surface area contributed by atoms with E-state index in [1.54, 1.807) is 4.68 Å². The molecule has 1 aliphatic carbocycles. The van der Waals surface area contributed by atoms with Gasteiger partial charge in [0.1, 0.15) is 11.9 Å². The van der Waals surface area contributed by atoms with E-state index in [0.717, 1.165) is 18.9 Å². The lowest BCUT2D eigenvalue weighted by Gasteiger charge is -2.13. The molecule has 1 amide bonds. The van der Waals surface area contributed by atoms with Crippen LogP contribution in [-0.2, 0) is 16.1 Å². The summed E-state index contributed by atoms with van der Waals surface area (Å²) in [5.74, 6) is -1.27. The second-order valence-corrected chi connectivity index (χ2v) is 7.18. The number of benzene rings is 1. The monoisotopic (exact) mass is 408 g/mol. The summed E-state index contributed by atoms with van der Waals surface area (Å²) in [6, 6.07) is 2.93. The number of carbonyl (C=O) groups is 2. The van der Waals surface area contributed by atoms with Crippen LogP contribution in [0.5, 0.6) is 0 Å². The Kier molecular flexibility index (Phi) is 6.31. The summed E-state index contributed by atoms with van der Waals surface area (Å²) in [4.78, 5) is 24.2. The molecule has 7 nitrogen and oxygen atoms in total. The third-order valence-electron chi connectivity index (χ3n) is 4.47. The molecule has 0 bridgehead atoms. The van der Waals surface area contributed by atoms with Gasteiger partial charge in [-0.2, -0.15) is 5.10 Å². The number of halogens is 2. The smallest absolute Gasteiger partial charge is 0.324 e. The minimum absolute atomic E-state index is 0.0912. The van der Waals surface area contributed by atoms with E-state index in [1.165, 1.54) is 18.3 Å². The van der Waals surface area contributed by atoms with Crippen LogP contribution < -0.4 is 11.1 Å². The fourth-order valence-corrected chi connectivity index (χ4v) is 2.98. The number of hydrogen-bond acceptors (Lipinski definition) is 5. The van der Waals surface area contributed by atoms with Crippen molar-refractivity contribution in [1.29, 1.82) is 0 Å². The van der Waals surface area contributed by atoms with Crippen molar-refractivity contribution in [2.75, 3.05) is 13.2 Å². The van der Waals surface area contributed by atoms with Crippen LogP contribution >= 0.6 is 11.6 Å². The molecule has 0 unspecified atom stereocenters. The Labute approximate surface area is 167 Å². The maximum Gasteiger partial charge on any atom is 0.324 e. The minimum atomic E-state index is -0.980. The summed E-state index contributed by atoms with van der Waals surface area (Å²) >= 11 is 6.16. The van der Waals surface area contributed by atoms with Crippen molar-refractivity contribution in [3.05, 3.63) is 40.8 Å².